The minimum atomic E-state index is -1.29. The summed E-state index contributed by atoms with van der Waals surface area (Å²) in [6.45, 7) is 3.86. The molecule has 1 amide bonds. The minimum absolute atomic E-state index is 0.345. The predicted molar refractivity (Wildman–Crippen MR) is 168 cm³/mol. The van der Waals surface area contributed by atoms with Crippen LogP contribution in [0.25, 0.3) is 0 Å². The molecule has 0 rings (SSSR count). The normalized spacial score (nSPS) is 15.2. The fraction of sp³-hybridized carbons (Fsp3) is 0.794. The maximum atomic E-state index is 12.4. The van der Waals surface area contributed by atoms with Gasteiger partial charge in [0.25, 0.3) is 0 Å². The molecule has 0 saturated heterocycles. The molecule has 234 valence electrons. The van der Waals surface area contributed by atoms with Gasteiger partial charge < -0.3 is 25.7 Å². The molecule has 0 spiro atoms. The fourth-order valence-corrected chi connectivity index (χ4v) is 4.65. The van der Waals surface area contributed by atoms with Crippen LogP contribution in [0.5, 0.6) is 0 Å². The van der Waals surface area contributed by atoms with Crippen molar-refractivity contribution in [2.24, 2.45) is 0 Å². The van der Waals surface area contributed by atoms with E-state index in [9.17, 15) is 25.2 Å². The number of carbonyl (C=O) groups is 1. The van der Waals surface area contributed by atoms with Crippen LogP contribution in [0.4, 0.5) is 0 Å². The first-order valence-electron chi connectivity index (χ1n) is 16.4. The number of aliphatic hydroxyl groups excluding tert-OH is 4. The van der Waals surface area contributed by atoms with E-state index in [-0.39, 0.29) is 0 Å². The molecule has 0 bridgehead atoms. The van der Waals surface area contributed by atoms with Crippen LogP contribution < -0.4 is 5.32 Å². The third-order valence-electron chi connectivity index (χ3n) is 7.31. The second-order valence-electron chi connectivity index (χ2n) is 11.1. The highest BCUT2D eigenvalue weighted by atomic mass is 16.3. The Hall–Kier alpha value is -1.47. The van der Waals surface area contributed by atoms with E-state index >= 15 is 0 Å². The largest absolute Gasteiger partial charge is 0.394 e. The lowest BCUT2D eigenvalue weighted by Crippen LogP contribution is -2.53. The van der Waals surface area contributed by atoms with Crippen molar-refractivity contribution in [2.45, 2.75) is 167 Å². The Morgan fingerprint density at radius 3 is 1.70 bits per heavy atom. The number of aliphatic hydroxyl groups is 4. The second-order valence-corrected chi connectivity index (χ2v) is 11.1. The average Bonchev–Trinajstić information content (AvgIpc) is 2.96. The van der Waals surface area contributed by atoms with Gasteiger partial charge in [0, 0.05) is 0 Å². The molecular formula is C34H63NO5. The van der Waals surface area contributed by atoms with E-state index in [1.165, 1.54) is 51.4 Å². The van der Waals surface area contributed by atoms with Gasteiger partial charge in [-0.3, -0.25) is 4.79 Å². The van der Waals surface area contributed by atoms with Gasteiger partial charge in [0.1, 0.15) is 12.2 Å². The lowest BCUT2D eigenvalue weighted by Gasteiger charge is -2.27. The van der Waals surface area contributed by atoms with E-state index in [0.717, 1.165) is 57.8 Å². The number of amides is 1. The van der Waals surface area contributed by atoms with Crippen LogP contribution in [0.1, 0.15) is 142 Å². The Morgan fingerprint density at radius 2 is 1.12 bits per heavy atom. The zero-order valence-electron chi connectivity index (χ0n) is 25.8. The van der Waals surface area contributed by atoms with Gasteiger partial charge in [-0.2, -0.15) is 0 Å². The highest BCUT2D eigenvalue weighted by molar-refractivity contribution is 5.80. The van der Waals surface area contributed by atoms with Gasteiger partial charge in [0.05, 0.1) is 18.8 Å². The van der Waals surface area contributed by atoms with E-state index in [1.807, 2.05) is 0 Å². The van der Waals surface area contributed by atoms with Crippen LogP contribution in [0.2, 0.25) is 0 Å². The summed E-state index contributed by atoms with van der Waals surface area (Å²) in [5, 5.41) is 43.1. The molecule has 4 atom stereocenters. The van der Waals surface area contributed by atoms with Crippen molar-refractivity contribution < 1.29 is 25.2 Å². The minimum Gasteiger partial charge on any atom is -0.394 e. The van der Waals surface area contributed by atoms with E-state index in [2.05, 4.69) is 55.6 Å². The third kappa shape index (κ3) is 23.3. The second kappa shape index (κ2) is 29.0. The maximum absolute atomic E-state index is 12.4. The molecule has 0 aromatic carbocycles. The summed E-state index contributed by atoms with van der Waals surface area (Å²) in [6.07, 6.45) is 30.3. The van der Waals surface area contributed by atoms with Gasteiger partial charge >= 0.3 is 0 Å². The Bertz CT molecular complexity index is 648. The van der Waals surface area contributed by atoms with Crippen molar-refractivity contribution in [2.75, 3.05) is 6.61 Å². The van der Waals surface area contributed by atoms with Crippen molar-refractivity contribution >= 4 is 5.91 Å². The van der Waals surface area contributed by atoms with Crippen LogP contribution in [0.3, 0.4) is 0 Å². The number of rotatable bonds is 28. The van der Waals surface area contributed by atoms with Crippen LogP contribution in [0.15, 0.2) is 36.5 Å². The van der Waals surface area contributed by atoms with Gasteiger partial charge in [-0.1, -0.05) is 108 Å². The van der Waals surface area contributed by atoms with Crippen molar-refractivity contribution in [1.29, 1.82) is 0 Å². The van der Waals surface area contributed by atoms with Crippen molar-refractivity contribution in [3.8, 4) is 0 Å². The quantitative estimate of drug-likeness (QED) is 0.0515. The number of unbranched alkanes of at least 4 members (excludes halogenated alkanes) is 13. The molecule has 6 nitrogen and oxygen atoms in total. The van der Waals surface area contributed by atoms with Gasteiger partial charge in [-0.15, -0.1) is 0 Å². The van der Waals surface area contributed by atoms with Gasteiger partial charge in [-0.25, -0.2) is 0 Å². The first kappa shape index (κ1) is 38.5. The highest BCUT2D eigenvalue weighted by Gasteiger charge is 2.28. The lowest BCUT2D eigenvalue weighted by atomic mass is 10.00. The molecule has 0 aliphatic heterocycles. The van der Waals surface area contributed by atoms with Crippen LogP contribution >= 0.6 is 0 Å². The molecule has 5 N–H and O–H groups in total. The Kier molecular flexibility index (Phi) is 28.0. The summed E-state index contributed by atoms with van der Waals surface area (Å²) < 4.78 is 0. The maximum Gasteiger partial charge on any atom is 0.249 e. The summed E-state index contributed by atoms with van der Waals surface area (Å²) in [6, 6.07) is -1.01. The first-order chi connectivity index (χ1) is 19.5. The van der Waals surface area contributed by atoms with Crippen molar-refractivity contribution in [1.82, 2.24) is 5.32 Å². The van der Waals surface area contributed by atoms with Gasteiger partial charge in [-0.05, 0) is 70.6 Å². The molecule has 0 aromatic rings. The number of hydrogen-bond acceptors (Lipinski definition) is 5. The topological polar surface area (TPSA) is 110 Å². The molecule has 0 heterocycles. The third-order valence-corrected chi connectivity index (χ3v) is 7.31. The fourth-order valence-electron chi connectivity index (χ4n) is 4.65. The molecule has 0 aliphatic carbocycles. The predicted octanol–water partition coefficient (Wildman–Crippen LogP) is 7.06. The summed E-state index contributed by atoms with van der Waals surface area (Å²) in [5.74, 6) is -0.612. The van der Waals surface area contributed by atoms with Gasteiger partial charge in [0.15, 0.2) is 0 Å². The first-order valence-corrected chi connectivity index (χ1v) is 16.4. The molecule has 0 saturated carbocycles. The molecule has 0 aliphatic rings. The molecule has 0 radical (unpaired) electrons. The van der Waals surface area contributed by atoms with Crippen LogP contribution in [0, 0.1) is 0 Å². The summed E-state index contributed by atoms with van der Waals surface area (Å²) in [5.41, 5.74) is 0. The summed E-state index contributed by atoms with van der Waals surface area (Å²) >= 11 is 0. The zero-order valence-corrected chi connectivity index (χ0v) is 25.8. The Balaban J connectivity index is 3.93. The molecule has 4 unspecified atom stereocenters. The van der Waals surface area contributed by atoms with Crippen molar-refractivity contribution in [3.63, 3.8) is 0 Å². The van der Waals surface area contributed by atoms with Crippen molar-refractivity contribution in [3.05, 3.63) is 36.5 Å². The monoisotopic (exact) mass is 565 g/mol. The number of hydrogen-bond donors (Lipinski definition) is 5. The summed E-state index contributed by atoms with van der Waals surface area (Å²) in [7, 11) is 0. The molecule has 40 heavy (non-hydrogen) atoms. The van der Waals surface area contributed by atoms with E-state index in [0.29, 0.717) is 19.3 Å². The molecule has 0 fully saturated rings. The van der Waals surface area contributed by atoms with Crippen LogP contribution in [-0.2, 0) is 4.79 Å². The average molecular weight is 566 g/mol. The highest BCUT2D eigenvalue weighted by Crippen LogP contribution is 2.13. The van der Waals surface area contributed by atoms with Gasteiger partial charge in [0.2, 0.25) is 5.91 Å². The van der Waals surface area contributed by atoms with E-state index < -0.39 is 36.9 Å². The van der Waals surface area contributed by atoms with Crippen LogP contribution in [-0.4, -0.2) is 57.3 Å². The Morgan fingerprint density at radius 1 is 0.625 bits per heavy atom. The number of allylic oxidation sites excluding steroid dienone is 6. The smallest absolute Gasteiger partial charge is 0.249 e. The molecular weight excluding hydrogens is 502 g/mol. The lowest BCUT2D eigenvalue weighted by molar-refractivity contribution is -0.132. The van der Waals surface area contributed by atoms with E-state index in [4.69, 9.17) is 0 Å². The SMILES string of the molecule is CC/C=C/CC/C=C/CCCC(O)C(O)C(CO)NC(=O)C(O)CCCCCC/C=C\CCCCCCCCC. The van der Waals surface area contributed by atoms with E-state index in [1.54, 1.807) is 0 Å². The number of nitrogens with one attached hydrogen (secondary N) is 1. The molecule has 0 aromatic heterocycles. The zero-order chi connectivity index (χ0) is 29.7. The standard InChI is InChI=1S/C34H63NO5/c1-3-5-7-9-11-13-14-15-16-17-18-20-22-24-26-28-32(38)34(40)35-30(29-36)33(39)31(37)27-25-23-21-19-12-10-8-6-4-2/h6,8,16-17,19,21,30-33,36-39H,3-5,7,9-15,18,20,22-29H2,1-2H3,(H,35,40)/b8-6+,17-16-,21-19+. The summed E-state index contributed by atoms with van der Waals surface area (Å²) in [4.78, 5) is 12.4. The molecule has 6 heteroatoms. The number of carbonyl (C=O) groups excluding carboxylic acids is 1. The Labute approximate surface area is 246 Å².